The highest BCUT2D eigenvalue weighted by atomic mass is 16.4. The van der Waals surface area contributed by atoms with Gasteiger partial charge < -0.3 is 9.52 Å². The molecule has 1 aromatic rings. The summed E-state index contributed by atoms with van der Waals surface area (Å²) >= 11 is 0. The molecule has 1 N–H and O–H groups in total. The molecule has 1 fully saturated rings. The van der Waals surface area contributed by atoms with Gasteiger partial charge in [0, 0.05) is 18.2 Å². The second-order valence-corrected chi connectivity index (χ2v) is 4.37. The van der Waals surface area contributed by atoms with Crippen LogP contribution < -0.4 is 0 Å². The quantitative estimate of drug-likeness (QED) is 0.830. The monoisotopic (exact) mass is 223 g/mol. The Morgan fingerprint density at radius 1 is 1.50 bits per heavy atom. The molecular formula is C12H17NO3. The number of hydrogen-bond donors (Lipinski definition) is 1. The molecule has 16 heavy (non-hydrogen) atoms. The Hall–Kier alpha value is -1.29. The first-order chi connectivity index (χ1) is 7.75. The maximum atomic E-state index is 10.8. The summed E-state index contributed by atoms with van der Waals surface area (Å²) in [4.78, 5) is 12.9. The lowest BCUT2D eigenvalue weighted by atomic mass is 10.2. The molecule has 0 radical (unpaired) electrons. The van der Waals surface area contributed by atoms with Crippen molar-refractivity contribution in [1.82, 2.24) is 4.90 Å². The van der Waals surface area contributed by atoms with Crippen LogP contribution in [-0.2, 0) is 11.3 Å². The number of rotatable bonds is 5. The molecule has 0 amide bonds. The predicted molar refractivity (Wildman–Crippen MR) is 59.0 cm³/mol. The van der Waals surface area contributed by atoms with Gasteiger partial charge in [0.15, 0.2) is 0 Å². The van der Waals surface area contributed by atoms with Crippen LogP contribution in [0.4, 0.5) is 0 Å². The molecule has 0 aliphatic heterocycles. The zero-order valence-corrected chi connectivity index (χ0v) is 9.26. The average Bonchev–Trinajstić information content (AvgIpc) is 2.88. The first kappa shape index (κ1) is 11.2. The lowest BCUT2D eigenvalue weighted by Crippen LogP contribution is -2.36. The summed E-state index contributed by atoms with van der Waals surface area (Å²) in [6.07, 6.45) is 7.97. The van der Waals surface area contributed by atoms with E-state index in [0.29, 0.717) is 12.6 Å². The van der Waals surface area contributed by atoms with Gasteiger partial charge in [-0.2, -0.15) is 0 Å². The standard InChI is InChI=1S/C12H17NO3/c14-12(15)8-13(11-3-1-2-4-11)7-10-5-6-16-9-10/h5-6,9,11H,1-4,7-8H2,(H,14,15). The van der Waals surface area contributed by atoms with Gasteiger partial charge in [-0.1, -0.05) is 12.8 Å². The number of hydrogen-bond acceptors (Lipinski definition) is 3. The van der Waals surface area contributed by atoms with Crippen LogP contribution in [-0.4, -0.2) is 28.6 Å². The summed E-state index contributed by atoms with van der Waals surface area (Å²) in [5.74, 6) is -0.754. The van der Waals surface area contributed by atoms with E-state index in [0.717, 1.165) is 18.4 Å². The van der Waals surface area contributed by atoms with Crippen molar-refractivity contribution in [2.45, 2.75) is 38.3 Å². The van der Waals surface area contributed by atoms with E-state index in [1.54, 1.807) is 12.5 Å². The molecule has 4 heteroatoms. The molecule has 0 atom stereocenters. The summed E-state index contributed by atoms with van der Waals surface area (Å²) in [6.45, 7) is 0.795. The minimum atomic E-state index is -0.754. The van der Waals surface area contributed by atoms with Crippen molar-refractivity contribution in [1.29, 1.82) is 0 Å². The fraction of sp³-hybridized carbons (Fsp3) is 0.583. The van der Waals surface area contributed by atoms with E-state index in [9.17, 15) is 4.79 Å². The molecule has 1 aromatic heterocycles. The Morgan fingerprint density at radius 2 is 2.25 bits per heavy atom. The van der Waals surface area contributed by atoms with Gasteiger partial charge >= 0.3 is 5.97 Å². The van der Waals surface area contributed by atoms with Gasteiger partial charge in [-0.3, -0.25) is 9.69 Å². The summed E-state index contributed by atoms with van der Waals surface area (Å²) < 4.78 is 5.01. The maximum absolute atomic E-state index is 10.8. The number of furan rings is 1. The molecule has 0 aromatic carbocycles. The number of carbonyl (C=O) groups is 1. The summed E-state index contributed by atoms with van der Waals surface area (Å²) in [7, 11) is 0. The van der Waals surface area contributed by atoms with Crippen molar-refractivity contribution < 1.29 is 14.3 Å². The Bertz CT molecular complexity index is 328. The minimum Gasteiger partial charge on any atom is -0.480 e. The van der Waals surface area contributed by atoms with E-state index in [-0.39, 0.29) is 6.54 Å². The third-order valence-electron chi connectivity index (χ3n) is 3.15. The van der Waals surface area contributed by atoms with Crippen LogP contribution in [0.5, 0.6) is 0 Å². The molecule has 0 spiro atoms. The van der Waals surface area contributed by atoms with Crippen LogP contribution in [0.3, 0.4) is 0 Å². The van der Waals surface area contributed by atoms with E-state index in [4.69, 9.17) is 9.52 Å². The van der Waals surface area contributed by atoms with Gasteiger partial charge in [0.2, 0.25) is 0 Å². The highest BCUT2D eigenvalue weighted by Crippen LogP contribution is 2.24. The third kappa shape index (κ3) is 2.85. The van der Waals surface area contributed by atoms with Gasteiger partial charge in [-0.15, -0.1) is 0 Å². The molecular weight excluding hydrogens is 206 g/mol. The molecule has 2 rings (SSSR count). The molecule has 1 saturated carbocycles. The predicted octanol–water partition coefficient (Wildman–Crippen LogP) is 2.11. The Labute approximate surface area is 94.9 Å². The summed E-state index contributed by atoms with van der Waals surface area (Å²) in [5.41, 5.74) is 1.05. The smallest absolute Gasteiger partial charge is 0.317 e. The normalized spacial score (nSPS) is 17.1. The van der Waals surface area contributed by atoms with Crippen molar-refractivity contribution >= 4 is 5.97 Å². The fourth-order valence-electron chi connectivity index (χ4n) is 2.37. The topological polar surface area (TPSA) is 53.7 Å². The van der Waals surface area contributed by atoms with E-state index < -0.39 is 5.97 Å². The fourth-order valence-corrected chi connectivity index (χ4v) is 2.37. The maximum Gasteiger partial charge on any atom is 0.317 e. The average molecular weight is 223 g/mol. The van der Waals surface area contributed by atoms with Crippen molar-refractivity contribution in [3.05, 3.63) is 24.2 Å². The van der Waals surface area contributed by atoms with Gasteiger partial charge in [-0.05, 0) is 18.9 Å². The van der Waals surface area contributed by atoms with Crippen LogP contribution in [0.1, 0.15) is 31.2 Å². The molecule has 1 aliphatic carbocycles. The van der Waals surface area contributed by atoms with Crippen molar-refractivity contribution in [3.8, 4) is 0 Å². The van der Waals surface area contributed by atoms with Crippen LogP contribution in [0.2, 0.25) is 0 Å². The SMILES string of the molecule is O=C(O)CN(Cc1ccoc1)C1CCCC1. The van der Waals surface area contributed by atoms with Crippen LogP contribution >= 0.6 is 0 Å². The molecule has 1 aliphatic rings. The van der Waals surface area contributed by atoms with Gasteiger partial charge in [-0.25, -0.2) is 0 Å². The van der Waals surface area contributed by atoms with E-state index in [1.807, 2.05) is 11.0 Å². The van der Waals surface area contributed by atoms with E-state index >= 15 is 0 Å². The Balaban J connectivity index is 1.98. The molecule has 88 valence electrons. The Kier molecular flexibility index (Phi) is 3.62. The van der Waals surface area contributed by atoms with Crippen LogP contribution in [0, 0.1) is 0 Å². The largest absolute Gasteiger partial charge is 0.480 e. The number of nitrogens with zero attached hydrogens (tertiary/aromatic N) is 1. The second kappa shape index (κ2) is 5.16. The molecule has 0 saturated heterocycles. The zero-order valence-electron chi connectivity index (χ0n) is 9.26. The summed E-state index contributed by atoms with van der Waals surface area (Å²) in [6, 6.07) is 2.31. The van der Waals surface area contributed by atoms with Gasteiger partial charge in [0.1, 0.15) is 0 Å². The highest BCUT2D eigenvalue weighted by Gasteiger charge is 2.24. The molecule has 0 bridgehead atoms. The Morgan fingerprint density at radius 3 is 2.81 bits per heavy atom. The van der Waals surface area contributed by atoms with Gasteiger partial charge in [0.05, 0.1) is 19.1 Å². The van der Waals surface area contributed by atoms with Crippen molar-refractivity contribution in [2.24, 2.45) is 0 Å². The lowest BCUT2D eigenvalue weighted by Gasteiger charge is -2.26. The van der Waals surface area contributed by atoms with Gasteiger partial charge in [0.25, 0.3) is 0 Å². The minimum absolute atomic E-state index is 0.121. The van der Waals surface area contributed by atoms with Crippen molar-refractivity contribution in [3.63, 3.8) is 0 Å². The first-order valence-corrected chi connectivity index (χ1v) is 5.72. The first-order valence-electron chi connectivity index (χ1n) is 5.72. The molecule has 4 nitrogen and oxygen atoms in total. The second-order valence-electron chi connectivity index (χ2n) is 4.37. The van der Waals surface area contributed by atoms with Crippen LogP contribution in [0.15, 0.2) is 23.0 Å². The van der Waals surface area contributed by atoms with E-state index in [1.165, 1.54) is 12.8 Å². The highest BCUT2D eigenvalue weighted by molar-refractivity contribution is 5.69. The molecule has 1 heterocycles. The van der Waals surface area contributed by atoms with Crippen LogP contribution in [0.25, 0.3) is 0 Å². The number of carboxylic acid groups (broad SMARTS) is 1. The van der Waals surface area contributed by atoms with E-state index in [2.05, 4.69) is 0 Å². The number of aliphatic carboxylic acids is 1. The third-order valence-corrected chi connectivity index (χ3v) is 3.15. The summed E-state index contributed by atoms with van der Waals surface area (Å²) in [5, 5.41) is 8.91. The number of carboxylic acids is 1. The lowest BCUT2D eigenvalue weighted by molar-refractivity contribution is -0.139. The molecule has 0 unspecified atom stereocenters. The van der Waals surface area contributed by atoms with Crippen molar-refractivity contribution in [2.75, 3.05) is 6.54 Å². The zero-order chi connectivity index (χ0) is 11.4.